The molecule has 0 bridgehead atoms. The van der Waals surface area contributed by atoms with Crippen molar-refractivity contribution in [2.45, 2.75) is 24.6 Å². The van der Waals surface area contributed by atoms with Crippen molar-refractivity contribution in [3.05, 3.63) is 33.8 Å². The zero-order valence-corrected chi connectivity index (χ0v) is 12.1. The maximum Gasteiger partial charge on any atom is 0.399 e. The molecule has 1 aromatic rings. The number of alkyl halides is 6. The minimum absolute atomic E-state index is 0.119. The average Bonchev–Trinajstić information content (AvgIpc) is 2.33. The van der Waals surface area contributed by atoms with E-state index in [0.717, 1.165) is 0 Å². The molecular weight excluding hydrogens is 412 g/mol. The lowest BCUT2D eigenvalue weighted by Gasteiger charge is -2.40. The van der Waals surface area contributed by atoms with Gasteiger partial charge in [0.15, 0.2) is 5.60 Å². The van der Waals surface area contributed by atoms with Crippen LogP contribution in [-0.2, 0) is 16.1 Å². The van der Waals surface area contributed by atoms with Crippen molar-refractivity contribution < 1.29 is 49.8 Å². The number of benzene rings is 1. The van der Waals surface area contributed by atoms with Gasteiger partial charge in [0.1, 0.15) is 18.2 Å². The first-order chi connectivity index (χ1) is 10.2. The molecule has 0 aliphatic rings. The first-order valence-corrected chi connectivity index (χ1v) is 6.15. The van der Waals surface area contributed by atoms with Crippen LogP contribution >= 0.6 is 15.9 Å². The molecule has 0 N–H and O–H groups in total. The van der Waals surface area contributed by atoms with E-state index in [4.69, 9.17) is 0 Å². The summed E-state index contributed by atoms with van der Waals surface area (Å²) in [6.45, 7) is -1.63. The lowest BCUT2D eigenvalue weighted by Crippen LogP contribution is -2.71. The molecule has 0 heterocycles. The molecule has 0 unspecified atom stereocenters. The average molecular weight is 416 g/mol. The molecule has 0 saturated carbocycles. The summed E-state index contributed by atoms with van der Waals surface area (Å²) in [6, 6.07) is 1.26. The van der Waals surface area contributed by atoms with E-state index in [1.165, 1.54) is 0 Å². The van der Waals surface area contributed by atoms with Crippen LogP contribution in [-0.4, -0.2) is 23.9 Å². The SMILES string of the molecule is O=C(OCc1c(F)cc(Br)cc1F)C([O-])(C(F)(F)F)C(F)(F)F. The first-order valence-electron chi connectivity index (χ1n) is 5.36. The summed E-state index contributed by atoms with van der Waals surface area (Å²) in [5.41, 5.74) is -7.18. The summed E-state index contributed by atoms with van der Waals surface area (Å²) in [5, 5.41) is 11.0. The number of carbonyl (C=O) groups is 1. The normalized spacial score (nSPS) is 13.1. The topological polar surface area (TPSA) is 49.4 Å². The van der Waals surface area contributed by atoms with Gasteiger partial charge in [-0.3, -0.25) is 4.79 Å². The number of hydrogen-bond donors (Lipinski definition) is 0. The van der Waals surface area contributed by atoms with Crippen LogP contribution in [0.15, 0.2) is 16.6 Å². The van der Waals surface area contributed by atoms with Crippen molar-refractivity contribution in [2.24, 2.45) is 0 Å². The van der Waals surface area contributed by atoms with Crippen LogP contribution in [0.1, 0.15) is 5.56 Å². The molecule has 0 fully saturated rings. The monoisotopic (exact) mass is 415 g/mol. The van der Waals surface area contributed by atoms with Gasteiger partial charge in [-0.15, -0.1) is 0 Å². The third kappa shape index (κ3) is 3.74. The fraction of sp³-hybridized carbons (Fsp3) is 0.364. The van der Waals surface area contributed by atoms with Crippen molar-refractivity contribution >= 4 is 21.9 Å². The molecule has 1 aromatic carbocycles. The first kappa shape index (κ1) is 19.6. The summed E-state index contributed by atoms with van der Waals surface area (Å²) in [7, 11) is 0. The smallest absolute Gasteiger partial charge is 0.399 e. The molecule has 0 aliphatic carbocycles. The fourth-order valence-electron chi connectivity index (χ4n) is 1.34. The third-order valence-corrected chi connectivity index (χ3v) is 3.00. The van der Waals surface area contributed by atoms with E-state index in [1.54, 1.807) is 0 Å². The van der Waals surface area contributed by atoms with Gasteiger partial charge in [-0.2, -0.15) is 26.3 Å². The number of rotatable bonds is 3. The summed E-state index contributed by atoms with van der Waals surface area (Å²) in [4.78, 5) is 11.0. The standard InChI is InChI=1S/C11H4BrF8O3/c12-4-1-6(13)5(7(14)2-4)3-23-8(21)9(22,10(15,16)17)11(18,19)20/h1-2H,3H2/q-1. The zero-order chi connectivity index (χ0) is 18.2. The second-order valence-corrected chi connectivity index (χ2v) is 5.02. The predicted octanol–water partition coefficient (Wildman–Crippen LogP) is 2.99. The predicted molar refractivity (Wildman–Crippen MR) is 58.7 cm³/mol. The van der Waals surface area contributed by atoms with Crippen LogP contribution < -0.4 is 5.11 Å². The maximum atomic E-state index is 13.3. The number of halogens is 9. The number of carbonyl (C=O) groups excluding carboxylic acids is 1. The van der Waals surface area contributed by atoms with Crippen LogP contribution in [0.25, 0.3) is 0 Å². The molecular formula is C11H4BrF8O3-. The Kier molecular flexibility index (Phi) is 5.31. The summed E-state index contributed by atoms with van der Waals surface area (Å²) in [5.74, 6) is -6.07. The Hall–Kier alpha value is -1.43. The highest BCUT2D eigenvalue weighted by atomic mass is 79.9. The molecule has 0 aliphatic heterocycles. The van der Waals surface area contributed by atoms with Gasteiger partial charge in [0.05, 0.1) is 5.56 Å². The molecule has 130 valence electrons. The molecule has 0 radical (unpaired) electrons. The van der Waals surface area contributed by atoms with Crippen LogP contribution in [0.2, 0.25) is 0 Å². The highest BCUT2D eigenvalue weighted by Gasteiger charge is 2.68. The molecule has 0 saturated heterocycles. The molecule has 1 rings (SSSR count). The van der Waals surface area contributed by atoms with Crippen molar-refractivity contribution in [2.75, 3.05) is 0 Å². The second-order valence-electron chi connectivity index (χ2n) is 4.10. The van der Waals surface area contributed by atoms with E-state index in [2.05, 4.69) is 20.7 Å². The van der Waals surface area contributed by atoms with Crippen molar-refractivity contribution in [3.63, 3.8) is 0 Å². The van der Waals surface area contributed by atoms with Crippen molar-refractivity contribution in [1.29, 1.82) is 0 Å². The Morgan fingerprint density at radius 1 is 1.04 bits per heavy atom. The van der Waals surface area contributed by atoms with E-state index in [0.29, 0.717) is 12.1 Å². The van der Waals surface area contributed by atoms with Crippen molar-refractivity contribution in [3.8, 4) is 0 Å². The van der Waals surface area contributed by atoms with Gasteiger partial charge in [0, 0.05) is 4.47 Å². The molecule has 12 heteroatoms. The van der Waals surface area contributed by atoms with Gasteiger partial charge in [0.25, 0.3) is 0 Å². The summed E-state index contributed by atoms with van der Waals surface area (Å²) >= 11 is 2.68. The van der Waals surface area contributed by atoms with Gasteiger partial charge in [0.2, 0.25) is 0 Å². The second kappa shape index (κ2) is 6.23. The van der Waals surface area contributed by atoms with Crippen molar-refractivity contribution in [1.82, 2.24) is 0 Å². The Balaban J connectivity index is 3.08. The summed E-state index contributed by atoms with van der Waals surface area (Å²) in [6.07, 6.45) is -13.1. The maximum absolute atomic E-state index is 13.3. The number of hydrogen-bond acceptors (Lipinski definition) is 3. The zero-order valence-electron chi connectivity index (χ0n) is 10.5. The van der Waals surface area contributed by atoms with Gasteiger partial charge in [-0.25, -0.2) is 8.78 Å². The lowest BCUT2D eigenvalue weighted by molar-refractivity contribution is -0.574. The quantitative estimate of drug-likeness (QED) is 0.563. The molecule has 3 nitrogen and oxygen atoms in total. The van der Waals surface area contributed by atoms with E-state index in [9.17, 15) is 45.0 Å². The molecule has 23 heavy (non-hydrogen) atoms. The Bertz CT molecular complexity index is 573. The molecule has 0 spiro atoms. The van der Waals surface area contributed by atoms with E-state index in [1.807, 2.05) is 0 Å². The summed E-state index contributed by atoms with van der Waals surface area (Å²) < 4.78 is 104. The van der Waals surface area contributed by atoms with Gasteiger partial charge in [-0.05, 0) is 12.1 Å². The minimum Gasteiger partial charge on any atom is -0.828 e. The van der Waals surface area contributed by atoms with Crippen LogP contribution in [0.5, 0.6) is 0 Å². The molecule has 0 amide bonds. The number of ether oxygens (including phenoxy) is 1. The van der Waals surface area contributed by atoms with Gasteiger partial charge >= 0.3 is 18.3 Å². The largest absolute Gasteiger partial charge is 0.828 e. The van der Waals surface area contributed by atoms with E-state index >= 15 is 0 Å². The number of esters is 1. The Labute approximate surface area is 131 Å². The van der Waals surface area contributed by atoms with E-state index in [-0.39, 0.29) is 4.47 Å². The van der Waals surface area contributed by atoms with Crippen LogP contribution in [0, 0.1) is 11.6 Å². The highest BCUT2D eigenvalue weighted by molar-refractivity contribution is 9.10. The van der Waals surface area contributed by atoms with Crippen LogP contribution in [0.3, 0.4) is 0 Å². The Morgan fingerprint density at radius 3 is 1.78 bits per heavy atom. The minimum atomic E-state index is -6.56. The highest BCUT2D eigenvalue weighted by Crippen LogP contribution is 2.41. The fourth-order valence-corrected chi connectivity index (χ4v) is 1.74. The Morgan fingerprint density at radius 2 is 1.43 bits per heavy atom. The lowest BCUT2D eigenvalue weighted by atomic mass is 10.0. The van der Waals surface area contributed by atoms with Crippen LogP contribution in [0.4, 0.5) is 35.1 Å². The van der Waals surface area contributed by atoms with E-state index < -0.39 is 47.7 Å². The third-order valence-electron chi connectivity index (χ3n) is 2.54. The van der Waals surface area contributed by atoms with Gasteiger partial charge in [-0.1, -0.05) is 15.9 Å². The molecule has 0 aromatic heterocycles. The molecule has 0 atom stereocenters. The van der Waals surface area contributed by atoms with Gasteiger partial charge < -0.3 is 9.84 Å².